The van der Waals surface area contributed by atoms with Crippen molar-refractivity contribution in [3.05, 3.63) is 54.1 Å². The molecule has 0 fully saturated rings. The van der Waals surface area contributed by atoms with E-state index >= 15 is 0 Å². The molecule has 21 heavy (non-hydrogen) atoms. The summed E-state index contributed by atoms with van der Waals surface area (Å²) in [6.07, 6.45) is 0.761. The lowest BCUT2D eigenvalue weighted by atomic mass is 10.2. The second-order valence-electron chi connectivity index (χ2n) is 4.37. The molecule has 108 valence electrons. The Labute approximate surface area is 122 Å². The van der Waals surface area contributed by atoms with Crippen LogP contribution in [-0.2, 0) is 4.79 Å². The summed E-state index contributed by atoms with van der Waals surface area (Å²) < 4.78 is 5.06. The maximum absolute atomic E-state index is 11.8. The van der Waals surface area contributed by atoms with Crippen molar-refractivity contribution in [2.75, 3.05) is 24.3 Å². The number of aldehydes is 1. The highest BCUT2D eigenvalue weighted by Crippen LogP contribution is 2.14. The predicted octanol–water partition coefficient (Wildman–Crippen LogP) is 2.56. The molecule has 5 nitrogen and oxygen atoms in total. The average molecular weight is 284 g/mol. The number of amides is 1. The van der Waals surface area contributed by atoms with E-state index in [1.165, 1.54) is 0 Å². The van der Waals surface area contributed by atoms with Gasteiger partial charge in [0.05, 0.1) is 13.7 Å². The lowest BCUT2D eigenvalue weighted by molar-refractivity contribution is -0.114. The summed E-state index contributed by atoms with van der Waals surface area (Å²) in [6.45, 7) is 0.155. The van der Waals surface area contributed by atoms with Crippen molar-refractivity contribution in [1.29, 1.82) is 0 Å². The molecule has 0 radical (unpaired) electrons. The van der Waals surface area contributed by atoms with E-state index in [2.05, 4.69) is 10.6 Å². The molecule has 0 saturated carbocycles. The second-order valence-corrected chi connectivity index (χ2v) is 4.37. The van der Waals surface area contributed by atoms with Gasteiger partial charge in [-0.05, 0) is 48.5 Å². The van der Waals surface area contributed by atoms with Crippen LogP contribution < -0.4 is 15.4 Å². The molecule has 0 heterocycles. The fraction of sp³-hybridized carbons (Fsp3) is 0.125. The molecular weight excluding hydrogens is 268 g/mol. The molecule has 0 aliphatic rings. The summed E-state index contributed by atoms with van der Waals surface area (Å²) in [5.41, 5.74) is 2.06. The van der Waals surface area contributed by atoms with Crippen LogP contribution in [0.3, 0.4) is 0 Å². The smallest absolute Gasteiger partial charge is 0.243 e. The number of carbonyl (C=O) groups is 2. The van der Waals surface area contributed by atoms with Gasteiger partial charge >= 0.3 is 0 Å². The van der Waals surface area contributed by atoms with Crippen molar-refractivity contribution >= 4 is 23.6 Å². The Morgan fingerprint density at radius 2 is 1.67 bits per heavy atom. The highest BCUT2D eigenvalue weighted by molar-refractivity contribution is 5.94. The Kier molecular flexibility index (Phi) is 4.93. The largest absolute Gasteiger partial charge is 0.497 e. The van der Waals surface area contributed by atoms with Gasteiger partial charge in [0.15, 0.2) is 0 Å². The molecule has 0 atom stereocenters. The van der Waals surface area contributed by atoms with Gasteiger partial charge in [0.2, 0.25) is 5.91 Å². The Morgan fingerprint density at radius 3 is 2.24 bits per heavy atom. The normalized spacial score (nSPS) is 9.76. The van der Waals surface area contributed by atoms with Crippen molar-refractivity contribution in [1.82, 2.24) is 0 Å². The van der Waals surface area contributed by atoms with E-state index in [-0.39, 0.29) is 12.5 Å². The number of ether oxygens (including phenoxy) is 1. The van der Waals surface area contributed by atoms with Gasteiger partial charge in [0, 0.05) is 16.9 Å². The molecule has 0 spiro atoms. The average Bonchev–Trinajstić information content (AvgIpc) is 2.54. The van der Waals surface area contributed by atoms with Crippen LogP contribution in [0.5, 0.6) is 5.75 Å². The Bertz CT molecular complexity index is 606. The molecule has 1 amide bonds. The third-order valence-corrected chi connectivity index (χ3v) is 2.87. The maximum atomic E-state index is 11.8. The van der Waals surface area contributed by atoms with E-state index in [0.717, 1.165) is 17.7 Å². The van der Waals surface area contributed by atoms with Crippen LogP contribution in [0.1, 0.15) is 10.4 Å². The van der Waals surface area contributed by atoms with Crippen LogP contribution in [-0.4, -0.2) is 25.8 Å². The fourth-order valence-corrected chi connectivity index (χ4v) is 1.74. The molecule has 0 aliphatic heterocycles. The highest BCUT2D eigenvalue weighted by Gasteiger charge is 2.02. The number of nitrogens with one attached hydrogen (secondary N) is 2. The van der Waals surface area contributed by atoms with E-state index in [0.29, 0.717) is 11.3 Å². The van der Waals surface area contributed by atoms with Crippen molar-refractivity contribution in [3.63, 3.8) is 0 Å². The zero-order valence-corrected chi connectivity index (χ0v) is 11.6. The number of benzene rings is 2. The standard InChI is InChI=1S/C16H16N2O3/c1-21-15-8-6-13(7-9-15)17-10-16(20)18-14-4-2-12(11-19)3-5-14/h2-9,11,17H,10H2,1H3,(H,18,20). The third kappa shape index (κ3) is 4.35. The van der Waals surface area contributed by atoms with Gasteiger partial charge in [0.1, 0.15) is 12.0 Å². The summed E-state index contributed by atoms with van der Waals surface area (Å²) in [6, 6.07) is 14.0. The van der Waals surface area contributed by atoms with E-state index in [4.69, 9.17) is 4.74 Å². The topological polar surface area (TPSA) is 67.4 Å². The van der Waals surface area contributed by atoms with Crippen LogP contribution >= 0.6 is 0 Å². The predicted molar refractivity (Wildman–Crippen MR) is 81.9 cm³/mol. The Hall–Kier alpha value is -2.82. The van der Waals surface area contributed by atoms with Gasteiger partial charge in [-0.3, -0.25) is 9.59 Å². The van der Waals surface area contributed by atoms with Gasteiger partial charge < -0.3 is 15.4 Å². The first kappa shape index (κ1) is 14.6. The second kappa shape index (κ2) is 7.09. The number of anilines is 2. The SMILES string of the molecule is COc1ccc(NCC(=O)Nc2ccc(C=O)cc2)cc1. The van der Waals surface area contributed by atoms with Crippen molar-refractivity contribution in [3.8, 4) is 5.75 Å². The summed E-state index contributed by atoms with van der Waals surface area (Å²) >= 11 is 0. The van der Waals surface area contributed by atoms with Crippen LogP contribution in [0.25, 0.3) is 0 Å². The van der Waals surface area contributed by atoms with Gasteiger partial charge in [-0.2, -0.15) is 0 Å². The summed E-state index contributed by atoms with van der Waals surface area (Å²) in [7, 11) is 1.60. The van der Waals surface area contributed by atoms with Crippen molar-refractivity contribution in [2.24, 2.45) is 0 Å². The molecule has 2 rings (SSSR count). The summed E-state index contributed by atoms with van der Waals surface area (Å²) in [4.78, 5) is 22.3. The lowest BCUT2D eigenvalue weighted by Crippen LogP contribution is -2.21. The maximum Gasteiger partial charge on any atom is 0.243 e. The Balaban J connectivity index is 1.84. The van der Waals surface area contributed by atoms with Gasteiger partial charge in [-0.1, -0.05) is 0 Å². The third-order valence-electron chi connectivity index (χ3n) is 2.87. The molecule has 0 bridgehead atoms. The van der Waals surface area contributed by atoms with E-state index in [1.807, 2.05) is 24.3 Å². The zero-order valence-electron chi connectivity index (χ0n) is 11.6. The minimum Gasteiger partial charge on any atom is -0.497 e. The van der Waals surface area contributed by atoms with E-state index in [1.54, 1.807) is 31.4 Å². The molecule has 5 heteroatoms. The van der Waals surface area contributed by atoms with Crippen LogP contribution in [0, 0.1) is 0 Å². The molecule has 2 aromatic rings. The molecule has 0 unspecified atom stereocenters. The number of hydrogen-bond acceptors (Lipinski definition) is 4. The number of rotatable bonds is 6. The number of methoxy groups -OCH3 is 1. The number of hydrogen-bond donors (Lipinski definition) is 2. The quantitative estimate of drug-likeness (QED) is 0.800. The van der Waals surface area contributed by atoms with E-state index in [9.17, 15) is 9.59 Å². The van der Waals surface area contributed by atoms with Gasteiger partial charge in [0.25, 0.3) is 0 Å². The van der Waals surface area contributed by atoms with Crippen molar-refractivity contribution < 1.29 is 14.3 Å². The fourth-order valence-electron chi connectivity index (χ4n) is 1.74. The Morgan fingerprint density at radius 1 is 1.05 bits per heavy atom. The molecule has 2 aromatic carbocycles. The minimum absolute atomic E-state index is 0.155. The first-order valence-electron chi connectivity index (χ1n) is 6.44. The summed E-state index contributed by atoms with van der Waals surface area (Å²) in [5.74, 6) is 0.602. The monoisotopic (exact) mass is 284 g/mol. The van der Waals surface area contributed by atoms with Gasteiger partial charge in [-0.25, -0.2) is 0 Å². The van der Waals surface area contributed by atoms with Crippen LogP contribution in [0.2, 0.25) is 0 Å². The molecule has 0 aliphatic carbocycles. The van der Waals surface area contributed by atoms with Gasteiger partial charge in [-0.15, -0.1) is 0 Å². The molecular formula is C16H16N2O3. The highest BCUT2D eigenvalue weighted by atomic mass is 16.5. The minimum atomic E-state index is -0.162. The first-order chi connectivity index (χ1) is 10.2. The molecule has 0 aromatic heterocycles. The lowest BCUT2D eigenvalue weighted by Gasteiger charge is -2.08. The molecule has 2 N–H and O–H groups in total. The van der Waals surface area contributed by atoms with Crippen LogP contribution in [0.15, 0.2) is 48.5 Å². The molecule has 0 saturated heterocycles. The van der Waals surface area contributed by atoms with Crippen LogP contribution in [0.4, 0.5) is 11.4 Å². The first-order valence-corrected chi connectivity index (χ1v) is 6.44. The van der Waals surface area contributed by atoms with Crippen molar-refractivity contribution in [2.45, 2.75) is 0 Å². The number of carbonyl (C=O) groups excluding carboxylic acids is 2. The zero-order chi connectivity index (χ0) is 15.1. The summed E-state index contributed by atoms with van der Waals surface area (Å²) in [5, 5.41) is 5.76. The van der Waals surface area contributed by atoms with E-state index < -0.39 is 0 Å².